The molecule has 4 nitrogen and oxygen atoms in total. The molecule has 0 bridgehead atoms. The standard InChI is InChI=1S/C36H26O4S6/c1-17-5-7-21(41-17)23-9-11-25(43-23)27-13-15-29(45-27)31-19(3)34(36(39)40)32(20(4)33(31)35(37)38)30-16-14-28(46-30)26-12-10-24(44-26)22-8-6-18(2)42-22/h5-16H,1-4H3,(H,37,38)(H,39,40). The normalized spacial score (nSPS) is 11.4. The van der Waals surface area contributed by atoms with E-state index in [2.05, 4.69) is 62.4 Å². The Morgan fingerprint density at radius 3 is 0.891 bits per heavy atom. The van der Waals surface area contributed by atoms with E-state index >= 15 is 0 Å². The number of thiophene rings is 6. The quantitative estimate of drug-likeness (QED) is 0.164. The summed E-state index contributed by atoms with van der Waals surface area (Å²) in [5, 5.41) is 21.1. The van der Waals surface area contributed by atoms with Gasteiger partial charge in [-0.15, -0.1) is 68.0 Å². The number of carbonyl (C=O) groups is 2. The molecular weight excluding hydrogens is 689 g/mol. The van der Waals surface area contributed by atoms with E-state index in [0.717, 1.165) is 29.3 Å². The third-order valence-corrected chi connectivity index (χ3v) is 15.0. The van der Waals surface area contributed by atoms with E-state index in [1.165, 1.54) is 51.9 Å². The smallest absolute Gasteiger partial charge is 0.336 e. The van der Waals surface area contributed by atoms with Crippen LogP contribution in [0.2, 0.25) is 0 Å². The molecule has 2 N–H and O–H groups in total. The fourth-order valence-electron chi connectivity index (χ4n) is 5.70. The van der Waals surface area contributed by atoms with E-state index in [0.29, 0.717) is 22.3 Å². The number of aromatic carboxylic acids is 2. The van der Waals surface area contributed by atoms with Crippen LogP contribution in [0.15, 0.2) is 72.8 Å². The maximum Gasteiger partial charge on any atom is 0.336 e. The van der Waals surface area contributed by atoms with Crippen LogP contribution in [0.4, 0.5) is 0 Å². The molecule has 0 atom stereocenters. The second-order valence-electron chi connectivity index (χ2n) is 10.8. The van der Waals surface area contributed by atoms with E-state index in [4.69, 9.17) is 0 Å². The van der Waals surface area contributed by atoms with Gasteiger partial charge in [0, 0.05) is 69.7 Å². The van der Waals surface area contributed by atoms with Gasteiger partial charge in [-0.1, -0.05) is 0 Å². The Hall–Kier alpha value is -3.64. The number of benzene rings is 1. The van der Waals surface area contributed by atoms with Crippen LogP contribution in [0.1, 0.15) is 41.6 Å². The van der Waals surface area contributed by atoms with Crippen LogP contribution in [-0.4, -0.2) is 22.2 Å². The first-order valence-corrected chi connectivity index (χ1v) is 19.2. The highest BCUT2D eigenvalue weighted by Gasteiger charge is 2.29. The minimum atomic E-state index is -1.07. The zero-order valence-corrected chi connectivity index (χ0v) is 30.0. The van der Waals surface area contributed by atoms with E-state index < -0.39 is 11.9 Å². The lowest BCUT2D eigenvalue weighted by Crippen LogP contribution is -2.12. The highest BCUT2D eigenvalue weighted by molar-refractivity contribution is 7.28. The van der Waals surface area contributed by atoms with Crippen molar-refractivity contribution in [2.75, 3.05) is 0 Å². The number of carboxylic acids is 2. The van der Waals surface area contributed by atoms with Crippen LogP contribution < -0.4 is 0 Å². The Labute approximate surface area is 290 Å². The third kappa shape index (κ3) is 5.53. The van der Waals surface area contributed by atoms with Crippen LogP contribution in [0.25, 0.3) is 59.9 Å². The van der Waals surface area contributed by atoms with Crippen LogP contribution in [0.5, 0.6) is 0 Å². The molecule has 0 fully saturated rings. The van der Waals surface area contributed by atoms with Crippen molar-refractivity contribution in [3.8, 4) is 59.9 Å². The maximum absolute atomic E-state index is 12.9. The Bertz CT molecular complexity index is 2120. The predicted molar refractivity (Wildman–Crippen MR) is 199 cm³/mol. The number of rotatable bonds is 8. The van der Waals surface area contributed by atoms with E-state index in [9.17, 15) is 19.8 Å². The summed E-state index contributed by atoms with van der Waals surface area (Å²) in [5.74, 6) is -2.14. The molecule has 0 unspecified atom stereocenters. The van der Waals surface area contributed by atoms with Gasteiger partial charge in [0.2, 0.25) is 0 Å². The van der Waals surface area contributed by atoms with Crippen LogP contribution in [0.3, 0.4) is 0 Å². The zero-order valence-electron chi connectivity index (χ0n) is 25.1. The largest absolute Gasteiger partial charge is 0.478 e. The molecule has 6 heterocycles. The first-order valence-electron chi connectivity index (χ1n) is 14.3. The molecule has 46 heavy (non-hydrogen) atoms. The molecule has 1 aromatic carbocycles. The first kappa shape index (κ1) is 31.0. The van der Waals surface area contributed by atoms with Gasteiger partial charge < -0.3 is 10.2 Å². The SMILES string of the molecule is Cc1ccc(-c2ccc(-c3ccc(-c4c(C)c(C(=O)O)c(-c5ccc(-c6ccc(-c7ccc(C)s7)s6)s5)c(C)c4C(=O)O)s3)s2)s1. The van der Waals surface area contributed by atoms with Crippen LogP contribution in [-0.2, 0) is 0 Å². The Morgan fingerprint density at radius 2 is 0.630 bits per heavy atom. The molecule has 0 radical (unpaired) electrons. The summed E-state index contributed by atoms with van der Waals surface area (Å²) in [6.07, 6.45) is 0. The molecule has 0 aliphatic heterocycles. The van der Waals surface area contributed by atoms with Crippen molar-refractivity contribution in [2.45, 2.75) is 27.7 Å². The number of hydrogen-bond donors (Lipinski definition) is 2. The van der Waals surface area contributed by atoms with Crippen molar-refractivity contribution in [3.05, 3.63) is 105 Å². The van der Waals surface area contributed by atoms with Crippen molar-refractivity contribution >= 4 is 80.0 Å². The van der Waals surface area contributed by atoms with Crippen LogP contribution >= 0.6 is 68.0 Å². The van der Waals surface area contributed by atoms with Gasteiger partial charge in [-0.05, 0) is 112 Å². The van der Waals surface area contributed by atoms with Crippen molar-refractivity contribution < 1.29 is 19.8 Å². The fraction of sp³-hybridized carbons (Fsp3) is 0.111. The van der Waals surface area contributed by atoms with Crippen molar-refractivity contribution in [1.29, 1.82) is 0 Å². The van der Waals surface area contributed by atoms with Crippen molar-refractivity contribution in [2.24, 2.45) is 0 Å². The van der Waals surface area contributed by atoms with Gasteiger partial charge in [0.15, 0.2) is 0 Å². The lowest BCUT2D eigenvalue weighted by Gasteiger charge is -2.19. The lowest BCUT2D eigenvalue weighted by atomic mass is 9.86. The summed E-state index contributed by atoms with van der Waals surface area (Å²) in [4.78, 5) is 38.9. The summed E-state index contributed by atoms with van der Waals surface area (Å²) in [6, 6.07) is 24.8. The first-order chi connectivity index (χ1) is 22.1. The monoisotopic (exact) mass is 714 g/mol. The summed E-state index contributed by atoms with van der Waals surface area (Å²) >= 11 is 9.91. The summed E-state index contributed by atoms with van der Waals surface area (Å²) in [6.45, 7) is 7.66. The molecule has 230 valence electrons. The van der Waals surface area contributed by atoms with Gasteiger partial charge in [-0.25, -0.2) is 9.59 Å². The molecule has 0 saturated carbocycles. The van der Waals surface area contributed by atoms with Crippen molar-refractivity contribution in [1.82, 2.24) is 0 Å². The molecule has 0 amide bonds. The molecule has 0 spiro atoms. The summed E-state index contributed by atoms with van der Waals surface area (Å²) < 4.78 is 0. The summed E-state index contributed by atoms with van der Waals surface area (Å²) in [5.41, 5.74) is 2.15. The van der Waals surface area contributed by atoms with E-state index in [1.54, 1.807) is 59.2 Å². The van der Waals surface area contributed by atoms with Gasteiger partial charge in [0.1, 0.15) is 0 Å². The predicted octanol–water partition coefficient (Wildman–Crippen LogP) is 12.7. The van der Waals surface area contributed by atoms with Gasteiger partial charge in [-0.2, -0.15) is 0 Å². The average molecular weight is 715 g/mol. The second-order valence-corrected chi connectivity index (χ2v) is 17.7. The maximum atomic E-state index is 12.9. The highest BCUT2D eigenvalue weighted by Crippen LogP contribution is 2.48. The molecular formula is C36H26O4S6. The third-order valence-electron chi connectivity index (χ3n) is 7.80. The minimum Gasteiger partial charge on any atom is -0.478 e. The van der Waals surface area contributed by atoms with Gasteiger partial charge in [0.25, 0.3) is 0 Å². The average Bonchev–Trinajstić information content (AvgIpc) is 3.84. The Balaban J connectivity index is 1.30. The van der Waals surface area contributed by atoms with Crippen LogP contribution in [0, 0.1) is 27.7 Å². The molecule has 0 aliphatic rings. The number of carboxylic acid groups (broad SMARTS) is 2. The molecule has 6 aromatic heterocycles. The second kappa shape index (κ2) is 12.2. The lowest BCUT2D eigenvalue weighted by molar-refractivity contribution is 0.0681. The molecule has 7 aromatic rings. The molecule has 7 rings (SSSR count). The fourth-order valence-corrected chi connectivity index (χ4v) is 12.0. The topological polar surface area (TPSA) is 74.6 Å². The molecule has 10 heteroatoms. The zero-order chi connectivity index (χ0) is 32.3. The minimum absolute atomic E-state index is 0.147. The van der Waals surface area contributed by atoms with E-state index in [1.807, 2.05) is 24.3 Å². The number of hydrogen-bond acceptors (Lipinski definition) is 8. The number of aryl methyl sites for hydroxylation is 2. The van der Waals surface area contributed by atoms with Gasteiger partial charge in [-0.3, -0.25) is 0 Å². The highest BCUT2D eigenvalue weighted by atomic mass is 32.1. The Morgan fingerprint density at radius 1 is 0.391 bits per heavy atom. The molecule has 0 saturated heterocycles. The molecule has 0 aliphatic carbocycles. The Kier molecular flexibility index (Phi) is 8.21. The van der Waals surface area contributed by atoms with Crippen molar-refractivity contribution in [3.63, 3.8) is 0 Å². The van der Waals surface area contributed by atoms with Gasteiger partial charge >= 0.3 is 11.9 Å². The van der Waals surface area contributed by atoms with Gasteiger partial charge in [0.05, 0.1) is 11.1 Å². The van der Waals surface area contributed by atoms with E-state index in [-0.39, 0.29) is 11.1 Å². The summed E-state index contributed by atoms with van der Waals surface area (Å²) in [7, 11) is 0.